The predicted octanol–water partition coefficient (Wildman–Crippen LogP) is 5.82. The van der Waals surface area contributed by atoms with E-state index in [1.807, 2.05) is 38.3 Å². The second-order valence-electron chi connectivity index (χ2n) is 10.0. The van der Waals surface area contributed by atoms with Gasteiger partial charge in [0.15, 0.2) is 17.3 Å². The zero-order valence-corrected chi connectivity index (χ0v) is 23.0. The number of rotatable bonds is 5. The molecular formula is C27H29ClFN5O3S. The number of aryl methyl sites for hydroxylation is 1. The van der Waals surface area contributed by atoms with Crippen LogP contribution in [0, 0.1) is 23.6 Å². The Morgan fingerprint density at radius 3 is 2.71 bits per heavy atom. The van der Waals surface area contributed by atoms with Crippen LogP contribution in [-0.2, 0) is 11.3 Å². The number of likely N-dealkylation sites (tertiary alicyclic amines) is 1. The van der Waals surface area contributed by atoms with Gasteiger partial charge < -0.3 is 15.0 Å². The van der Waals surface area contributed by atoms with Crippen LogP contribution in [0.2, 0.25) is 5.02 Å². The molecule has 0 atom stereocenters. The SMILES string of the molecule is CC(C)(C)OC(=O)N1CCC(CCn2cc(Cl)c(C(=O)Nc3ncc(C#Cc4cccs4)cc3F)n2)CC1. The van der Waals surface area contributed by atoms with Crippen molar-refractivity contribution >= 4 is 40.8 Å². The van der Waals surface area contributed by atoms with Crippen molar-refractivity contribution in [3.05, 3.63) is 62.9 Å². The Morgan fingerprint density at radius 1 is 1.29 bits per heavy atom. The van der Waals surface area contributed by atoms with Gasteiger partial charge in [-0.3, -0.25) is 9.48 Å². The summed E-state index contributed by atoms with van der Waals surface area (Å²) in [7, 11) is 0. The van der Waals surface area contributed by atoms with Crippen molar-refractivity contribution in [1.82, 2.24) is 19.7 Å². The third-order valence-corrected chi connectivity index (χ3v) is 6.95. The summed E-state index contributed by atoms with van der Waals surface area (Å²) >= 11 is 7.74. The molecule has 1 aliphatic rings. The number of amides is 2. The summed E-state index contributed by atoms with van der Waals surface area (Å²) in [6, 6.07) is 4.97. The lowest BCUT2D eigenvalue weighted by Gasteiger charge is -2.33. The van der Waals surface area contributed by atoms with Gasteiger partial charge in [0.25, 0.3) is 5.91 Å². The Labute approximate surface area is 230 Å². The maximum atomic E-state index is 14.5. The number of carbonyl (C=O) groups excluding carboxylic acids is 2. The van der Waals surface area contributed by atoms with Crippen LogP contribution < -0.4 is 5.32 Å². The Bertz CT molecular complexity index is 1350. The standard InChI is InChI=1S/C27H29ClFN5O3S/c1-27(2,3)37-26(36)33-11-8-18(9-12-33)10-13-34-17-21(28)23(32-34)25(35)31-24-22(29)15-19(16-30-24)6-7-20-5-4-14-38-20/h4-5,14-18H,8-13H2,1-3H3,(H,30,31,35). The molecule has 0 spiro atoms. The van der Waals surface area contributed by atoms with Gasteiger partial charge in [-0.25, -0.2) is 14.2 Å². The Hall–Kier alpha value is -3.42. The van der Waals surface area contributed by atoms with E-state index in [-0.39, 0.29) is 22.6 Å². The summed E-state index contributed by atoms with van der Waals surface area (Å²) < 4.78 is 21.6. The number of thiophene rings is 1. The second kappa shape index (κ2) is 12.0. The van der Waals surface area contributed by atoms with Crippen LogP contribution in [0.25, 0.3) is 0 Å². The van der Waals surface area contributed by atoms with Gasteiger partial charge in [-0.2, -0.15) is 5.10 Å². The van der Waals surface area contributed by atoms with Gasteiger partial charge in [-0.15, -0.1) is 11.3 Å². The number of pyridine rings is 1. The molecule has 4 rings (SSSR count). The Kier molecular flexibility index (Phi) is 8.69. The van der Waals surface area contributed by atoms with Gasteiger partial charge in [-0.1, -0.05) is 29.5 Å². The number of piperidine rings is 1. The van der Waals surface area contributed by atoms with Crippen LogP contribution in [-0.4, -0.2) is 50.4 Å². The van der Waals surface area contributed by atoms with Crippen LogP contribution >= 0.6 is 22.9 Å². The maximum absolute atomic E-state index is 14.5. The molecule has 0 aromatic carbocycles. The van der Waals surface area contributed by atoms with Crippen LogP contribution in [0.4, 0.5) is 15.0 Å². The van der Waals surface area contributed by atoms with Crippen LogP contribution in [0.15, 0.2) is 36.0 Å². The summed E-state index contributed by atoms with van der Waals surface area (Å²) in [6.07, 6.45) is 5.25. The molecule has 0 aliphatic carbocycles. The fourth-order valence-electron chi connectivity index (χ4n) is 3.96. The first-order valence-corrected chi connectivity index (χ1v) is 13.6. The number of aromatic nitrogens is 3. The molecular weight excluding hydrogens is 529 g/mol. The van der Waals surface area contributed by atoms with Gasteiger partial charge in [0.2, 0.25) is 0 Å². The first kappa shape index (κ1) is 27.6. The van der Waals surface area contributed by atoms with Crippen molar-refractivity contribution in [2.45, 2.75) is 52.2 Å². The van der Waals surface area contributed by atoms with E-state index in [4.69, 9.17) is 16.3 Å². The van der Waals surface area contributed by atoms with Crippen LogP contribution in [0.3, 0.4) is 0 Å². The van der Waals surface area contributed by atoms with Gasteiger partial charge in [0.1, 0.15) is 5.60 Å². The number of hydrogen-bond acceptors (Lipinski definition) is 6. The van der Waals surface area contributed by atoms with Gasteiger partial charge >= 0.3 is 6.09 Å². The number of carbonyl (C=O) groups is 2. The minimum Gasteiger partial charge on any atom is -0.444 e. The molecule has 8 nitrogen and oxygen atoms in total. The Morgan fingerprint density at radius 2 is 2.05 bits per heavy atom. The van der Waals surface area contributed by atoms with Crippen molar-refractivity contribution in [3.8, 4) is 11.8 Å². The van der Waals surface area contributed by atoms with E-state index >= 15 is 0 Å². The molecule has 0 radical (unpaired) electrons. The number of anilines is 1. The molecule has 38 heavy (non-hydrogen) atoms. The van der Waals surface area contributed by atoms with E-state index in [9.17, 15) is 14.0 Å². The highest BCUT2D eigenvalue weighted by atomic mass is 35.5. The number of ether oxygens (including phenoxy) is 1. The fourth-order valence-corrected chi connectivity index (χ4v) is 4.77. The van der Waals surface area contributed by atoms with Gasteiger partial charge in [0, 0.05) is 37.6 Å². The van der Waals surface area contributed by atoms with E-state index < -0.39 is 17.3 Å². The highest BCUT2D eigenvalue weighted by Crippen LogP contribution is 2.24. The normalized spacial score (nSPS) is 14.1. The van der Waals surface area contributed by atoms with Gasteiger partial charge in [-0.05, 0) is 63.5 Å². The monoisotopic (exact) mass is 557 g/mol. The van der Waals surface area contributed by atoms with E-state index in [1.165, 1.54) is 23.6 Å². The number of nitrogens with one attached hydrogen (secondary N) is 1. The summed E-state index contributed by atoms with van der Waals surface area (Å²) in [5.41, 5.74) is -0.121. The van der Waals surface area contributed by atoms with Crippen molar-refractivity contribution in [1.29, 1.82) is 0 Å². The number of nitrogens with zero attached hydrogens (tertiary/aromatic N) is 4. The average Bonchev–Trinajstić information content (AvgIpc) is 3.52. The minimum atomic E-state index is -0.704. The topological polar surface area (TPSA) is 89.4 Å². The molecule has 1 N–H and O–H groups in total. The van der Waals surface area contributed by atoms with Crippen molar-refractivity contribution < 1.29 is 18.7 Å². The zero-order chi connectivity index (χ0) is 27.3. The van der Waals surface area contributed by atoms with Crippen molar-refractivity contribution in [2.75, 3.05) is 18.4 Å². The van der Waals surface area contributed by atoms with Crippen LogP contribution in [0.5, 0.6) is 0 Å². The average molecular weight is 558 g/mol. The molecule has 2 amide bonds. The lowest BCUT2D eigenvalue weighted by atomic mass is 9.94. The molecule has 3 aromatic heterocycles. The maximum Gasteiger partial charge on any atom is 0.410 e. The van der Waals surface area contributed by atoms with Crippen molar-refractivity contribution in [3.63, 3.8) is 0 Å². The molecule has 3 aromatic rings. The molecule has 200 valence electrons. The predicted molar refractivity (Wildman–Crippen MR) is 145 cm³/mol. The lowest BCUT2D eigenvalue weighted by Crippen LogP contribution is -2.41. The third kappa shape index (κ3) is 7.55. The summed E-state index contributed by atoms with van der Waals surface area (Å²) in [5.74, 6) is 4.62. The second-order valence-corrected chi connectivity index (χ2v) is 11.4. The summed E-state index contributed by atoms with van der Waals surface area (Å²) in [4.78, 5) is 31.6. The highest BCUT2D eigenvalue weighted by molar-refractivity contribution is 7.10. The molecule has 4 heterocycles. The zero-order valence-electron chi connectivity index (χ0n) is 21.5. The minimum absolute atomic E-state index is 0.00539. The number of hydrogen-bond donors (Lipinski definition) is 1. The van der Waals surface area contributed by atoms with E-state index in [0.717, 1.165) is 24.1 Å². The van der Waals surface area contributed by atoms with Gasteiger partial charge in [0.05, 0.1) is 9.90 Å². The molecule has 1 saturated heterocycles. The van der Waals surface area contributed by atoms with Crippen molar-refractivity contribution in [2.24, 2.45) is 5.92 Å². The molecule has 1 aliphatic heterocycles. The summed E-state index contributed by atoms with van der Waals surface area (Å²) in [6.45, 7) is 7.41. The first-order chi connectivity index (χ1) is 18.1. The lowest BCUT2D eigenvalue weighted by molar-refractivity contribution is 0.0179. The number of halogens is 2. The molecule has 0 bridgehead atoms. The molecule has 0 unspecified atom stereocenters. The quantitative estimate of drug-likeness (QED) is 0.399. The molecule has 11 heteroatoms. The third-order valence-electron chi connectivity index (χ3n) is 5.89. The van der Waals surface area contributed by atoms with E-state index in [1.54, 1.807) is 15.8 Å². The molecule has 0 saturated carbocycles. The van der Waals surface area contributed by atoms with E-state index in [0.29, 0.717) is 31.1 Å². The smallest absolute Gasteiger partial charge is 0.410 e. The first-order valence-electron chi connectivity index (χ1n) is 12.3. The van der Waals surface area contributed by atoms with Crippen LogP contribution in [0.1, 0.15) is 61.0 Å². The molecule has 1 fully saturated rings. The Balaban J connectivity index is 1.29. The van der Waals surface area contributed by atoms with E-state index in [2.05, 4.69) is 27.2 Å². The summed E-state index contributed by atoms with van der Waals surface area (Å²) in [5, 5.41) is 8.81. The largest absolute Gasteiger partial charge is 0.444 e. The fraction of sp³-hybridized carbons (Fsp3) is 0.407. The highest BCUT2D eigenvalue weighted by Gasteiger charge is 2.27.